The normalized spacial score (nSPS) is 20.3. The summed E-state index contributed by atoms with van der Waals surface area (Å²) in [5, 5.41) is 3.01. The third-order valence-corrected chi connectivity index (χ3v) is 6.89. The van der Waals surface area contributed by atoms with Crippen molar-refractivity contribution in [1.29, 1.82) is 0 Å². The lowest BCUT2D eigenvalue weighted by Gasteiger charge is -2.14. The van der Waals surface area contributed by atoms with Crippen LogP contribution >= 0.6 is 23.4 Å². The first-order valence-electron chi connectivity index (χ1n) is 7.33. The molecule has 1 aliphatic heterocycles. The number of esters is 1. The molecule has 1 aliphatic rings. The van der Waals surface area contributed by atoms with Gasteiger partial charge in [0.05, 0.1) is 17.3 Å². The Hall–Kier alpha value is -1.25. The van der Waals surface area contributed by atoms with Crippen LogP contribution in [0.5, 0.6) is 0 Å². The van der Waals surface area contributed by atoms with E-state index < -0.39 is 27.8 Å². The van der Waals surface area contributed by atoms with Gasteiger partial charge in [-0.25, -0.2) is 8.42 Å². The maximum Gasteiger partial charge on any atom is 0.316 e. The molecule has 1 fully saturated rings. The molecule has 0 aliphatic carbocycles. The number of benzene rings is 1. The van der Waals surface area contributed by atoms with Gasteiger partial charge in [-0.2, -0.15) is 0 Å². The summed E-state index contributed by atoms with van der Waals surface area (Å²) in [6.45, 7) is 1.47. The fourth-order valence-corrected chi connectivity index (χ4v) is 5.79. The van der Waals surface area contributed by atoms with Crippen molar-refractivity contribution < 1.29 is 22.7 Å². The van der Waals surface area contributed by atoms with Crippen LogP contribution in [-0.4, -0.2) is 48.9 Å². The van der Waals surface area contributed by atoms with Crippen molar-refractivity contribution in [2.24, 2.45) is 0 Å². The highest BCUT2D eigenvalue weighted by Gasteiger charge is 2.29. The van der Waals surface area contributed by atoms with E-state index in [2.05, 4.69) is 5.32 Å². The molecular weight excluding hydrogens is 374 g/mol. The molecular formula is C15H18ClNO5S2. The van der Waals surface area contributed by atoms with Gasteiger partial charge in [0.15, 0.2) is 15.9 Å². The number of hydrogen-bond acceptors (Lipinski definition) is 6. The highest BCUT2D eigenvalue weighted by Crippen LogP contribution is 2.24. The summed E-state index contributed by atoms with van der Waals surface area (Å²) in [5.74, 6) is -0.722. The Bertz CT molecular complexity index is 722. The second-order valence-electron chi connectivity index (χ2n) is 5.47. The van der Waals surface area contributed by atoms with Crippen molar-refractivity contribution in [1.82, 2.24) is 0 Å². The standard InChI is InChI=1S/C15H18ClNO5S2/c1-10(15(19)17-12-4-2-3-11(16)7-12)22-14(18)8-23-13-5-6-24(20,21)9-13/h2-4,7,10,13H,5-6,8-9H2,1H3,(H,17,19)/t10-,13+/m0/s1. The monoisotopic (exact) mass is 391 g/mol. The van der Waals surface area contributed by atoms with Gasteiger partial charge in [0.1, 0.15) is 0 Å². The molecule has 1 saturated heterocycles. The average Bonchev–Trinajstić information content (AvgIpc) is 2.84. The van der Waals surface area contributed by atoms with Crippen LogP contribution in [0.1, 0.15) is 13.3 Å². The van der Waals surface area contributed by atoms with Gasteiger partial charge < -0.3 is 10.1 Å². The van der Waals surface area contributed by atoms with E-state index >= 15 is 0 Å². The van der Waals surface area contributed by atoms with Gasteiger partial charge >= 0.3 is 5.97 Å². The molecule has 0 unspecified atom stereocenters. The zero-order valence-corrected chi connectivity index (χ0v) is 15.4. The van der Waals surface area contributed by atoms with Crippen molar-refractivity contribution in [3.63, 3.8) is 0 Å². The van der Waals surface area contributed by atoms with Gasteiger partial charge in [0, 0.05) is 16.0 Å². The van der Waals surface area contributed by atoms with Crippen molar-refractivity contribution in [2.75, 3.05) is 22.6 Å². The van der Waals surface area contributed by atoms with Gasteiger partial charge in [-0.15, -0.1) is 11.8 Å². The molecule has 0 bridgehead atoms. The minimum atomic E-state index is -2.97. The van der Waals surface area contributed by atoms with Crippen molar-refractivity contribution >= 4 is 50.8 Å². The maximum atomic E-state index is 12.0. The smallest absolute Gasteiger partial charge is 0.316 e. The van der Waals surface area contributed by atoms with Gasteiger partial charge in [-0.1, -0.05) is 17.7 Å². The predicted octanol–water partition coefficient (Wildman–Crippen LogP) is 2.13. The number of hydrogen-bond donors (Lipinski definition) is 1. The number of carbonyl (C=O) groups is 2. The third-order valence-electron chi connectivity index (χ3n) is 3.40. The Kier molecular flexibility index (Phi) is 6.54. The number of nitrogens with one attached hydrogen (secondary N) is 1. The van der Waals surface area contributed by atoms with Gasteiger partial charge in [0.2, 0.25) is 0 Å². The second kappa shape index (κ2) is 8.22. The maximum absolute atomic E-state index is 12.0. The minimum Gasteiger partial charge on any atom is -0.452 e. The molecule has 9 heteroatoms. The first-order chi connectivity index (χ1) is 11.2. The Morgan fingerprint density at radius 3 is 2.83 bits per heavy atom. The summed E-state index contributed by atoms with van der Waals surface area (Å²) in [4.78, 5) is 23.8. The quantitative estimate of drug-likeness (QED) is 0.747. The summed E-state index contributed by atoms with van der Waals surface area (Å²) in [6, 6.07) is 6.64. The number of ether oxygens (including phenoxy) is 1. The van der Waals surface area contributed by atoms with Crippen LogP contribution in [0.3, 0.4) is 0 Å². The van der Waals surface area contributed by atoms with Crippen molar-refractivity contribution in [3.05, 3.63) is 29.3 Å². The van der Waals surface area contributed by atoms with Crippen LogP contribution in [0.2, 0.25) is 5.02 Å². The summed E-state index contributed by atoms with van der Waals surface area (Å²) < 4.78 is 27.8. The number of rotatable bonds is 6. The van der Waals surface area contributed by atoms with Gasteiger partial charge in [-0.3, -0.25) is 9.59 Å². The molecule has 1 aromatic carbocycles. The lowest BCUT2D eigenvalue weighted by atomic mass is 10.3. The van der Waals surface area contributed by atoms with E-state index in [4.69, 9.17) is 16.3 Å². The number of anilines is 1. The molecule has 0 saturated carbocycles. The number of carbonyl (C=O) groups excluding carboxylic acids is 2. The highest BCUT2D eigenvalue weighted by atomic mass is 35.5. The molecule has 1 N–H and O–H groups in total. The molecule has 6 nitrogen and oxygen atoms in total. The van der Waals surface area contributed by atoms with Gasteiger partial charge in [0.25, 0.3) is 5.91 Å². The molecule has 0 radical (unpaired) electrons. The van der Waals surface area contributed by atoms with Crippen LogP contribution in [0, 0.1) is 0 Å². The number of sulfone groups is 1. The highest BCUT2D eigenvalue weighted by molar-refractivity contribution is 8.02. The molecule has 0 aromatic heterocycles. The van der Waals surface area contributed by atoms with E-state index in [-0.39, 0.29) is 22.5 Å². The van der Waals surface area contributed by atoms with E-state index in [1.54, 1.807) is 24.3 Å². The lowest BCUT2D eigenvalue weighted by Crippen LogP contribution is -2.30. The molecule has 2 rings (SSSR count). The molecule has 2 atom stereocenters. The Labute approximate surface area is 150 Å². The average molecular weight is 392 g/mol. The van der Waals surface area contributed by atoms with E-state index in [1.807, 2.05) is 0 Å². The second-order valence-corrected chi connectivity index (χ2v) is 9.42. The summed E-state index contributed by atoms with van der Waals surface area (Å²) in [7, 11) is -2.97. The molecule has 1 aromatic rings. The predicted molar refractivity (Wildman–Crippen MR) is 95.2 cm³/mol. The van der Waals surface area contributed by atoms with Crippen LogP contribution in [-0.2, 0) is 24.2 Å². The zero-order chi connectivity index (χ0) is 17.7. The van der Waals surface area contributed by atoms with Crippen LogP contribution in [0.15, 0.2) is 24.3 Å². The topological polar surface area (TPSA) is 89.5 Å². The first kappa shape index (κ1) is 19.1. The fourth-order valence-electron chi connectivity index (χ4n) is 2.17. The largest absolute Gasteiger partial charge is 0.452 e. The first-order valence-corrected chi connectivity index (χ1v) is 10.6. The van der Waals surface area contributed by atoms with Crippen LogP contribution in [0.4, 0.5) is 5.69 Å². The number of halogens is 1. The van der Waals surface area contributed by atoms with E-state index in [0.717, 1.165) is 0 Å². The van der Waals surface area contributed by atoms with Crippen LogP contribution in [0.25, 0.3) is 0 Å². The van der Waals surface area contributed by atoms with E-state index in [0.29, 0.717) is 17.1 Å². The Morgan fingerprint density at radius 1 is 1.46 bits per heavy atom. The molecule has 132 valence electrons. The number of amides is 1. The summed E-state index contributed by atoms with van der Waals surface area (Å²) >= 11 is 7.08. The lowest BCUT2D eigenvalue weighted by molar-refractivity contribution is -0.150. The molecule has 1 heterocycles. The number of thioether (sulfide) groups is 1. The molecule has 0 spiro atoms. The Balaban J connectivity index is 1.75. The van der Waals surface area contributed by atoms with Crippen molar-refractivity contribution in [2.45, 2.75) is 24.7 Å². The SMILES string of the molecule is C[C@H](OC(=O)CS[C@@H]1CCS(=O)(=O)C1)C(=O)Nc1cccc(Cl)c1. The minimum absolute atomic E-state index is 0.0228. The van der Waals surface area contributed by atoms with Crippen LogP contribution < -0.4 is 5.32 Å². The Morgan fingerprint density at radius 2 is 2.21 bits per heavy atom. The van der Waals surface area contributed by atoms with Crippen molar-refractivity contribution in [3.8, 4) is 0 Å². The van der Waals surface area contributed by atoms with E-state index in [1.165, 1.54) is 18.7 Å². The summed E-state index contributed by atoms with van der Waals surface area (Å²) in [5.41, 5.74) is 0.515. The molecule has 1 amide bonds. The zero-order valence-electron chi connectivity index (χ0n) is 13.0. The fraction of sp³-hybridized carbons (Fsp3) is 0.467. The molecule has 24 heavy (non-hydrogen) atoms. The van der Waals surface area contributed by atoms with E-state index in [9.17, 15) is 18.0 Å². The summed E-state index contributed by atoms with van der Waals surface area (Å²) in [6.07, 6.45) is -0.408. The third kappa shape index (κ3) is 5.99. The van der Waals surface area contributed by atoms with Gasteiger partial charge in [-0.05, 0) is 31.5 Å².